The monoisotopic (exact) mass is 369 g/mol. The molecule has 0 spiro atoms. The second kappa shape index (κ2) is 20.7. The first-order chi connectivity index (χ1) is 12.7. The van der Waals surface area contributed by atoms with E-state index in [1.54, 1.807) is 0 Å². The first-order valence-corrected chi connectivity index (χ1v) is 11.6. The summed E-state index contributed by atoms with van der Waals surface area (Å²) in [6, 6.07) is 0. The normalized spacial score (nSPS) is 12.3. The van der Waals surface area contributed by atoms with E-state index in [0.29, 0.717) is 6.42 Å². The molecule has 1 atom stereocenters. The molecule has 0 aliphatic heterocycles. The highest BCUT2D eigenvalue weighted by atomic mass is 16.5. The average molecular weight is 370 g/mol. The highest BCUT2D eigenvalue weighted by Crippen LogP contribution is 2.17. The van der Waals surface area contributed by atoms with Crippen LogP contribution in [0.2, 0.25) is 0 Å². The predicted molar refractivity (Wildman–Crippen MR) is 113 cm³/mol. The topological polar surface area (TPSA) is 52.3 Å². The standard InChI is InChI=1S/C23H47NO2/c1-3-5-7-9-11-15-19-22(18-14-8-6-4-2)26-23(25)20-16-12-10-13-17-21-24/h22H,3-21,24H2,1-2H3. The molecule has 1 unspecified atom stereocenters. The molecule has 156 valence electrons. The van der Waals surface area contributed by atoms with Crippen molar-refractivity contribution in [1.29, 1.82) is 0 Å². The van der Waals surface area contributed by atoms with E-state index in [0.717, 1.165) is 38.6 Å². The maximum absolute atomic E-state index is 12.2. The minimum absolute atomic E-state index is 0.0234. The molecule has 3 heteroatoms. The molecule has 0 bridgehead atoms. The fraction of sp³-hybridized carbons (Fsp3) is 0.957. The Morgan fingerprint density at radius 3 is 1.73 bits per heavy atom. The highest BCUT2D eigenvalue weighted by molar-refractivity contribution is 5.69. The van der Waals surface area contributed by atoms with Crippen LogP contribution in [0, 0.1) is 0 Å². The summed E-state index contributed by atoms with van der Waals surface area (Å²) in [4.78, 5) is 12.2. The van der Waals surface area contributed by atoms with Gasteiger partial charge in [-0.25, -0.2) is 0 Å². The molecular weight excluding hydrogens is 322 g/mol. The van der Waals surface area contributed by atoms with Crippen molar-refractivity contribution in [2.24, 2.45) is 5.73 Å². The second-order valence-corrected chi connectivity index (χ2v) is 7.82. The maximum atomic E-state index is 12.2. The Bertz CT molecular complexity index is 294. The lowest BCUT2D eigenvalue weighted by Crippen LogP contribution is -2.18. The van der Waals surface area contributed by atoms with Gasteiger partial charge in [0, 0.05) is 6.42 Å². The third-order valence-electron chi connectivity index (χ3n) is 5.14. The minimum atomic E-state index is 0.0234. The first kappa shape index (κ1) is 25.4. The summed E-state index contributed by atoms with van der Waals surface area (Å²) in [7, 11) is 0. The molecule has 26 heavy (non-hydrogen) atoms. The number of ether oxygens (including phenoxy) is 1. The van der Waals surface area contributed by atoms with Crippen molar-refractivity contribution < 1.29 is 9.53 Å². The number of nitrogens with two attached hydrogens (primary N) is 1. The molecule has 0 aliphatic rings. The number of esters is 1. The van der Waals surface area contributed by atoms with Crippen LogP contribution in [0.1, 0.15) is 129 Å². The summed E-state index contributed by atoms with van der Waals surface area (Å²) < 4.78 is 5.83. The largest absolute Gasteiger partial charge is 0.462 e. The zero-order valence-electron chi connectivity index (χ0n) is 17.9. The zero-order valence-corrected chi connectivity index (χ0v) is 17.9. The first-order valence-electron chi connectivity index (χ1n) is 11.6. The summed E-state index contributed by atoms with van der Waals surface area (Å²) >= 11 is 0. The van der Waals surface area contributed by atoms with E-state index in [-0.39, 0.29) is 12.1 Å². The average Bonchev–Trinajstić information content (AvgIpc) is 2.64. The van der Waals surface area contributed by atoms with Gasteiger partial charge in [0.2, 0.25) is 0 Å². The van der Waals surface area contributed by atoms with Crippen molar-refractivity contribution in [2.45, 2.75) is 136 Å². The van der Waals surface area contributed by atoms with Crippen molar-refractivity contribution in [1.82, 2.24) is 0 Å². The fourth-order valence-corrected chi connectivity index (χ4v) is 3.40. The van der Waals surface area contributed by atoms with E-state index < -0.39 is 0 Å². The van der Waals surface area contributed by atoms with Gasteiger partial charge in [0.05, 0.1) is 0 Å². The summed E-state index contributed by atoms with van der Waals surface area (Å²) in [6.07, 6.45) is 21.2. The molecular formula is C23H47NO2. The van der Waals surface area contributed by atoms with Gasteiger partial charge in [-0.1, -0.05) is 84.5 Å². The Balaban J connectivity index is 3.93. The van der Waals surface area contributed by atoms with Crippen LogP contribution < -0.4 is 5.73 Å². The number of carbonyl (C=O) groups is 1. The van der Waals surface area contributed by atoms with Gasteiger partial charge >= 0.3 is 5.97 Å². The third-order valence-corrected chi connectivity index (χ3v) is 5.14. The summed E-state index contributed by atoms with van der Waals surface area (Å²) in [5.74, 6) is 0.0234. The molecule has 0 radical (unpaired) electrons. The van der Waals surface area contributed by atoms with Crippen molar-refractivity contribution in [3.8, 4) is 0 Å². The Morgan fingerprint density at radius 2 is 1.15 bits per heavy atom. The van der Waals surface area contributed by atoms with Crippen LogP contribution in [0.5, 0.6) is 0 Å². The van der Waals surface area contributed by atoms with Crippen LogP contribution in [0.4, 0.5) is 0 Å². The molecule has 0 rings (SSSR count). The maximum Gasteiger partial charge on any atom is 0.306 e. The molecule has 0 saturated carbocycles. The summed E-state index contributed by atoms with van der Waals surface area (Å²) in [5, 5.41) is 0. The lowest BCUT2D eigenvalue weighted by molar-refractivity contribution is -0.150. The molecule has 0 aromatic carbocycles. The molecule has 2 N–H and O–H groups in total. The van der Waals surface area contributed by atoms with E-state index in [4.69, 9.17) is 10.5 Å². The Labute approximate surface area is 163 Å². The number of rotatable bonds is 20. The molecule has 0 aliphatic carbocycles. The molecule has 0 saturated heterocycles. The Morgan fingerprint density at radius 1 is 0.692 bits per heavy atom. The van der Waals surface area contributed by atoms with Crippen LogP contribution in [0.25, 0.3) is 0 Å². The lowest BCUT2D eigenvalue weighted by Gasteiger charge is -2.18. The second-order valence-electron chi connectivity index (χ2n) is 7.82. The molecule has 0 aromatic rings. The minimum Gasteiger partial charge on any atom is -0.462 e. The van der Waals surface area contributed by atoms with E-state index in [9.17, 15) is 4.79 Å². The van der Waals surface area contributed by atoms with E-state index in [1.807, 2.05) is 0 Å². The van der Waals surface area contributed by atoms with Gasteiger partial charge < -0.3 is 10.5 Å². The van der Waals surface area contributed by atoms with Crippen LogP contribution in [-0.4, -0.2) is 18.6 Å². The SMILES string of the molecule is CCCCCCCCC(CCCCCC)OC(=O)CCCCCCCN. The van der Waals surface area contributed by atoms with E-state index in [2.05, 4.69) is 13.8 Å². The van der Waals surface area contributed by atoms with Crippen molar-refractivity contribution in [3.05, 3.63) is 0 Å². The predicted octanol–water partition coefficient (Wildman–Crippen LogP) is 6.92. The van der Waals surface area contributed by atoms with Crippen molar-refractivity contribution >= 4 is 5.97 Å². The van der Waals surface area contributed by atoms with Crippen molar-refractivity contribution in [2.75, 3.05) is 6.54 Å². The van der Waals surface area contributed by atoms with Crippen LogP contribution in [0.3, 0.4) is 0 Å². The summed E-state index contributed by atoms with van der Waals surface area (Å²) in [6.45, 7) is 5.27. The Kier molecular flexibility index (Phi) is 20.3. The van der Waals surface area contributed by atoms with Gasteiger partial charge in [-0.3, -0.25) is 4.79 Å². The van der Waals surface area contributed by atoms with Gasteiger partial charge in [0.15, 0.2) is 0 Å². The van der Waals surface area contributed by atoms with Gasteiger partial charge in [-0.15, -0.1) is 0 Å². The lowest BCUT2D eigenvalue weighted by atomic mass is 10.0. The molecule has 3 nitrogen and oxygen atoms in total. The fourth-order valence-electron chi connectivity index (χ4n) is 3.40. The van der Waals surface area contributed by atoms with Crippen LogP contribution in [0.15, 0.2) is 0 Å². The third kappa shape index (κ3) is 18.2. The number of hydrogen-bond donors (Lipinski definition) is 1. The van der Waals surface area contributed by atoms with Crippen molar-refractivity contribution in [3.63, 3.8) is 0 Å². The quantitative estimate of drug-likeness (QED) is 0.187. The van der Waals surface area contributed by atoms with Gasteiger partial charge in [0.1, 0.15) is 6.10 Å². The highest BCUT2D eigenvalue weighted by Gasteiger charge is 2.14. The molecule has 0 aromatic heterocycles. The summed E-state index contributed by atoms with van der Waals surface area (Å²) in [5.41, 5.74) is 5.50. The van der Waals surface area contributed by atoms with Gasteiger partial charge in [-0.05, 0) is 45.1 Å². The van der Waals surface area contributed by atoms with Gasteiger partial charge in [-0.2, -0.15) is 0 Å². The Hall–Kier alpha value is -0.570. The van der Waals surface area contributed by atoms with E-state index >= 15 is 0 Å². The van der Waals surface area contributed by atoms with E-state index in [1.165, 1.54) is 77.0 Å². The van der Waals surface area contributed by atoms with Gasteiger partial charge in [0.25, 0.3) is 0 Å². The zero-order chi connectivity index (χ0) is 19.3. The molecule has 0 amide bonds. The smallest absolute Gasteiger partial charge is 0.306 e. The molecule has 0 heterocycles. The van der Waals surface area contributed by atoms with Crippen LogP contribution >= 0.6 is 0 Å². The number of hydrogen-bond acceptors (Lipinski definition) is 3. The van der Waals surface area contributed by atoms with Crippen LogP contribution in [-0.2, 0) is 9.53 Å². The number of carbonyl (C=O) groups excluding carboxylic acids is 1. The number of unbranched alkanes of at least 4 members (excludes halogenated alkanes) is 12. The molecule has 0 fully saturated rings.